The highest BCUT2D eigenvalue weighted by atomic mass is 35.5. The summed E-state index contributed by atoms with van der Waals surface area (Å²) in [5, 5.41) is 4.06. The van der Waals surface area contributed by atoms with Gasteiger partial charge in [-0.15, -0.1) is 0 Å². The Kier molecular flexibility index (Phi) is 9.21. The van der Waals surface area contributed by atoms with Crippen molar-refractivity contribution in [1.29, 1.82) is 0 Å². The maximum absolute atomic E-state index is 13.9. The fourth-order valence-electron chi connectivity index (χ4n) is 4.10. The Balaban J connectivity index is 2.05. The van der Waals surface area contributed by atoms with Gasteiger partial charge in [-0.2, -0.15) is 0 Å². The van der Waals surface area contributed by atoms with Crippen LogP contribution in [0.2, 0.25) is 10.0 Å². The third kappa shape index (κ3) is 7.84. The predicted molar refractivity (Wildman–Crippen MR) is 148 cm³/mol. The van der Waals surface area contributed by atoms with Crippen molar-refractivity contribution in [2.45, 2.75) is 65.6 Å². The Morgan fingerprint density at radius 1 is 0.917 bits per heavy atom. The highest BCUT2D eigenvalue weighted by Crippen LogP contribution is 2.25. The third-order valence-corrected chi connectivity index (χ3v) is 6.56. The van der Waals surface area contributed by atoms with E-state index < -0.39 is 11.6 Å². The Hall–Kier alpha value is -2.82. The van der Waals surface area contributed by atoms with Crippen LogP contribution in [0.1, 0.15) is 48.6 Å². The normalized spacial score (nSPS) is 12.2. The molecule has 0 saturated heterocycles. The predicted octanol–water partition coefficient (Wildman–Crippen LogP) is 6.71. The number of carbonyl (C=O) groups is 2. The first-order chi connectivity index (χ1) is 16.9. The second-order valence-electron chi connectivity index (χ2n) is 10.3. The zero-order chi connectivity index (χ0) is 26.5. The van der Waals surface area contributed by atoms with Crippen molar-refractivity contribution in [2.75, 3.05) is 0 Å². The van der Waals surface area contributed by atoms with E-state index in [2.05, 4.69) is 5.32 Å². The lowest BCUT2D eigenvalue weighted by molar-refractivity contribution is -0.141. The average Bonchev–Trinajstić information content (AvgIpc) is 2.79. The molecule has 3 aromatic rings. The second-order valence-corrected chi connectivity index (χ2v) is 11.2. The monoisotopic (exact) mass is 524 g/mol. The summed E-state index contributed by atoms with van der Waals surface area (Å²) in [5.74, 6) is -0.342. The number of aryl methyl sites for hydroxylation is 2. The molecule has 36 heavy (non-hydrogen) atoms. The summed E-state index contributed by atoms with van der Waals surface area (Å²) in [6.07, 6.45) is 0.569. The lowest BCUT2D eigenvalue weighted by Crippen LogP contribution is -2.54. The number of amides is 2. The molecule has 0 aliphatic heterocycles. The minimum Gasteiger partial charge on any atom is -0.350 e. The van der Waals surface area contributed by atoms with Gasteiger partial charge in [-0.05, 0) is 69.0 Å². The van der Waals surface area contributed by atoms with E-state index in [0.29, 0.717) is 16.5 Å². The summed E-state index contributed by atoms with van der Waals surface area (Å²) in [7, 11) is 0. The molecule has 190 valence electrons. The molecule has 0 aliphatic carbocycles. The summed E-state index contributed by atoms with van der Waals surface area (Å²) in [5.41, 5.74) is 4.32. The minimum absolute atomic E-state index is 0.139. The van der Waals surface area contributed by atoms with E-state index in [9.17, 15) is 9.59 Å². The molecule has 4 nitrogen and oxygen atoms in total. The molecule has 0 bridgehead atoms. The average molecular weight is 526 g/mol. The van der Waals surface area contributed by atoms with E-state index in [4.69, 9.17) is 23.2 Å². The van der Waals surface area contributed by atoms with Crippen LogP contribution in [0.15, 0.2) is 66.7 Å². The van der Waals surface area contributed by atoms with Gasteiger partial charge in [0.1, 0.15) is 6.04 Å². The third-order valence-electron chi connectivity index (χ3n) is 5.97. The largest absolute Gasteiger partial charge is 0.350 e. The van der Waals surface area contributed by atoms with E-state index in [-0.39, 0.29) is 24.8 Å². The number of carbonyl (C=O) groups excluding carboxylic acids is 2. The first-order valence-electron chi connectivity index (χ1n) is 12.1. The molecule has 0 aromatic heterocycles. The summed E-state index contributed by atoms with van der Waals surface area (Å²) < 4.78 is 0. The van der Waals surface area contributed by atoms with Crippen LogP contribution in [-0.2, 0) is 29.0 Å². The van der Waals surface area contributed by atoms with Gasteiger partial charge < -0.3 is 10.2 Å². The van der Waals surface area contributed by atoms with Gasteiger partial charge in [-0.25, -0.2) is 0 Å². The quantitative estimate of drug-likeness (QED) is 0.356. The number of hydrogen-bond acceptors (Lipinski definition) is 2. The van der Waals surface area contributed by atoms with Crippen molar-refractivity contribution >= 4 is 35.0 Å². The molecule has 0 unspecified atom stereocenters. The van der Waals surface area contributed by atoms with Crippen LogP contribution >= 0.6 is 23.2 Å². The Labute approximate surface area is 224 Å². The standard InChI is InChI=1S/C30H34Cl2N2O2/c1-20-11-12-21(2)24(15-20)17-28(35)34(19-23-13-14-25(31)18-26(23)32)27(29(36)33-30(3,4)5)16-22-9-7-6-8-10-22/h6-15,18,27H,16-17,19H2,1-5H3,(H,33,36)/t27-/m0/s1. The van der Waals surface area contributed by atoms with Crippen molar-refractivity contribution < 1.29 is 9.59 Å². The highest BCUT2D eigenvalue weighted by Gasteiger charge is 2.32. The zero-order valence-corrected chi connectivity index (χ0v) is 23.1. The van der Waals surface area contributed by atoms with Crippen molar-refractivity contribution in [1.82, 2.24) is 10.2 Å². The maximum atomic E-state index is 13.9. The van der Waals surface area contributed by atoms with Gasteiger partial charge in [0.2, 0.25) is 11.8 Å². The van der Waals surface area contributed by atoms with E-state index in [1.807, 2.05) is 89.2 Å². The van der Waals surface area contributed by atoms with Gasteiger partial charge in [0.05, 0.1) is 6.42 Å². The zero-order valence-electron chi connectivity index (χ0n) is 21.6. The Morgan fingerprint density at radius 2 is 1.61 bits per heavy atom. The molecule has 3 rings (SSSR count). The van der Waals surface area contributed by atoms with E-state index in [0.717, 1.165) is 27.8 Å². The van der Waals surface area contributed by atoms with Crippen molar-refractivity contribution in [3.8, 4) is 0 Å². The molecule has 3 aromatic carbocycles. The highest BCUT2D eigenvalue weighted by molar-refractivity contribution is 6.35. The molecule has 0 saturated carbocycles. The fourth-order valence-corrected chi connectivity index (χ4v) is 4.56. The number of hydrogen-bond donors (Lipinski definition) is 1. The lowest BCUT2D eigenvalue weighted by atomic mass is 9.98. The fraction of sp³-hybridized carbons (Fsp3) is 0.333. The number of benzene rings is 3. The Morgan fingerprint density at radius 3 is 2.25 bits per heavy atom. The van der Waals surface area contributed by atoms with Crippen LogP contribution in [0.25, 0.3) is 0 Å². The topological polar surface area (TPSA) is 49.4 Å². The van der Waals surface area contributed by atoms with Crippen molar-refractivity contribution in [2.24, 2.45) is 0 Å². The van der Waals surface area contributed by atoms with E-state index in [1.165, 1.54) is 0 Å². The summed E-state index contributed by atoms with van der Waals surface area (Å²) in [4.78, 5) is 29.2. The van der Waals surface area contributed by atoms with Crippen molar-refractivity contribution in [3.05, 3.63) is 105 Å². The minimum atomic E-state index is -0.726. The van der Waals surface area contributed by atoms with Crippen LogP contribution in [0, 0.1) is 13.8 Å². The molecule has 1 atom stereocenters. The van der Waals surface area contributed by atoms with Gasteiger partial charge >= 0.3 is 0 Å². The van der Waals surface area contributed by atoms with Crippen molar-refractivity contribution in [3.63, 3.8) is 0 Å². The molecule has 6 heteroatoms. The summed E-state index contributed by atoms with van der Waals surface area (Å²) >= 11 is 12.6. The lowest BCUT2D eigenvalue weighted by Gasteiger charge is -2.34. The molecule has 0 heterocycles. The molecule has 1 N–H and O–H groups in total. The van der Waals surface area contributed by atoms with Crippen LogP contribution in [0.4, 0.5) is 0 Å². The number of nitrogens with one attached hydrogen (secondary N) is 1. The van der Waals surface area contributed by atoms with E-state index in [1.54, 1.807) is 17.0 Å². The molecular weight excluding hydrogens is 491 g/mol. The number of nitrogens with zero attached hydrogens (tertiary/aromatic N) is 1. The summed E-state index contributed by atoms with van der Waals surface area (Å²) in [6, 6.07) is 20.3. The Bertz CT molecular complexity index is 1220. The molecular formula is C30H34Cl2N2O2. The maximum Gasteiger partial charge on any atom is 0.243 e. The second kappa shape index (κ2) is 11.9. The van der Waals surface area contributed by atoms with E-state index >= 15 is 0 Å². The first kappa shape index (κ1) is 27.8. The molecule has 0 spiro atoms. The van der Waals surface area contributed by atoms with Crippen LogP contribution < -0.4 is 5.32 Å². The van der Waals surface area contributed by atoms with Gasteiger partial charge in [0, 0.05) is 28.5 Å². The molecule has 0 aliphatic rings. The SMILES string of the molecule is Cc1ccc(C)c(CC(=O)N(Cc2ccc(Cl)cc2Cl)[C@@H](Cc2ccccc2)C(=O)NC(C)(C)C)c1. The van der Waals surface area contributed by atoms with Gasteiger partial charge in [-0.1, -0.05) is 83.4 Å². The molecule has 2 amide bonds. The number of halogens is 2. The first-order valence-corrected chi connectivity index (χ1v) is 12.8. The van der Waals surface area contributed by atoms with Gasteiger partial charge in [0.25, 0.3) is 0 Å². The smallest absolute Gasteiger partial charge is 0.243 e. The number of rotatable bonds is 8. The molecule has 0 radical (unpaired) electrons. The van der Waals surface area contributed by atoms with Crippen LogP contribution in [-0.4, -0.2) is 28.3 Å². The summed E-state index contributed by atoms with van der Waals surface area (Å²) in [6.45, 7) is 9.99. The molecule has 0 fully saturated rings. The van der Waals surface area contributed by atoms with Gasteiger partial charge in [-0.3, -0.25) is 9.59 Å². The van der Waals surface area contributed by atoms with Crippen LogP contribution in [0.5, 0.6) is 0 Å². The van der Waals surface area contributed by atoms with Gasteiger partial charge in [0.15, 0.2) is 0 Å². The van der Waals surface area contributed by atoms with Crippen LogP contribution in [0.3, 0.4) is 0 Å².